The molecule has 0 bridgehead atoms. The molecule has 6 aliphatic heterocycles. The van der Waals surface area contributed by atoms with Gasteiger partial charge in [-0.15, -0.1) is 9.15 Å². The van der Waals surface area contributed by atoms with Gasteiger partial charge in [-0.25, -0.2) is 0 Å². The Hall–Kier alpha value is -5.50. The van der Waals surface area contributed by atoms with Crippen molar-refractivity contribution >= 4 is 45.8 Å². The summed E-state index contributed by atoms with van der Waals surface area (Å²) >= 11 is 0. The third kappa shape index (κ3) is 3.14. The van der Waals surface area contributed by atoms with E-state index in [4.69, 9.17) is 20.0 Å². The minimum absolute atomic E-state index is 0.183. The van der Waals surface area contributed by atoms with Crippen LogP contribution in [0.5, 0.6) is 0 Å². The Balaban J connectivity index is 1.44. The second-order valence-corrected chi connectivity index (χ2v) is 18.4. The molecule has 0 N–H and O–H groups in total. The van der Waals surface area contributed by atoms with Gasteiger partial charge < -0.3 is 0 Å². The van der Waals surface area contributed by atoms with Crippen molar-refractivity contribution < 1.29 is 9.15 Å². The van der Waals surface area contributed by atoms with Crippen LogP contribution in [0, 0.1) is 83.1 Å². The number of nitrogens with zero attached hydrogens (tertiary/aromatic N) is 8. The zero-order valence-electron chi connectivity index (χ0n) is 36.2. The Labute approximate surface area is 333 Å². The van der Waals surface area contributed by atoms with Crippen LogP contribution in [0.2, 0.25) is 0 Å². The number of rotatable bonds is 0. The molecule has 2 unspecified atom stereocenters. The molecule has 0 saturated carbocycles. The average Bonchev–Trinajstić information content (AvgIpc) is 3.92. The molecule has 5 aromatic rings. The van der Waals surface area contributed by atoms with Crippen molar-refractivity contribution in [2.24, 2.45) is 20.0 Å². The Morgan fingerprint density at radius 3 is 1.11 bits per heavy atom. The van der Waals surface area contributed by atoms with Gasteiger partial charge in [0.25, 0.3) is 23.3 Å². The summed E-state index contributed by atoms with van der Waals surface area (Å²) < 4.78 is 10.1. The highest BCUT2D eigenvalue weighted by atomic mass is 15.7. The molecule has 0 fully saturated rings. The van der Waals surface area contributed by atoms with E-state index in [0.717, 1.165) is 46.0 Å². The molecule has 8 heteroatoms. The summed E-state index contributed by atoms with van der Waals surface area (Å²) in [6.07, 6.45) is 0. The predicted molar refractivity (Wildman–Crippen MR) is 228 cm³/mol. The normalized spacial score (nSPS) is 22.4. The monoisotopic (exact) mass is 750 g/mol. The summed E-state index contributed by atoms with van der Waals surface area (Å²) in [5.41, 5.74) is 27.7. The molecule has 2 aromatic heterocycles. The zero-order valence-corrected chi connectivity index (χ0v) is 36.2. The lowest BCUT2D eigenvalue weighted by molar-refractivity contribution is -0.790. The number of amidine groups is 4. The summed E-state index contributed by atoms with van der Waals surface area (Å²) in [5.74, 6) is 5.27. The van der Waals surface area contributed by atoms with E-state index in [1.165, 1.54) is 122 Å². The van der Waals surface area contributed by atoms with E-state index >= 15 is 0 Å². The van der Waals surface area contributed by atoms with Crippen LogP contribution in [0.15, 0.2) is 31.1 Å². The summed E-state index contributed by atoms with van der Waals surface area (Å²) in [6.45, 7) is 36.8. The van der Waals surface area contributed by atoms with Gasteiger partial charge in [-0.1, -0.05) is 45.0 Å². The fraction of sp³-hybridized carbons (Fsp3) is 0.388. The van der Waals surface area contributed by atoms with E-state index in [1.54, 1.807) is 0 Å². The molecule has 57 heavy (non-hydrogen) atoms. The third-order valence-electron chi connectivity index (χ3n) is 16.7. The van der Waals surface area contributed by atoms with Gasteiger partial charge in [-0.3, -0.25) is 0 Å². The SMILES string of the molecule is CC1=C(C)C(C)c2c(c3n4c2N=C2c5c(C)c(C)c(C)c(C)c5C5=[N+]2C42n4c(c6c(C)c(C)c(C)c(C)c6c4=N5)=NC4=[N+]2C(=N3)c2c(C)c(C)c(C)c(C)c24)C1C. The van der Waals surface area contributed by atoms with Crippen LogP contribution in [0.25, 0.3) is 10.8 Å². The maximum Gasteiger partial charge on any atom is 0.404 e. The molecule has 284 valence electrons. The van der Waals surface area contributed by atoms with Crippen molar-refractivity contribution in [3.05, 3.63) is 122 Å². The van der Waals surface area contributed by atoms with Gasteiger partial charge in [0.1, 0.15) is 0 Å². The minimum Gasteiger partial charge on any atom is -0.193 e. The number of hydrogen-bond donors (Lipinski definition) is 0. The van der Waals surface area contributed by atoms with Crippen LogP contribution in [-0.4, -0.2) is 41.6 Å². The van der Waals surface area contributed by atoms with Crippen LogP contribution in [-0.2, 0) is 5.91 Å². The number of aromatic nitrogens is 2. The van der Waals surface area contributed by atoms with Gasteiger partial charge in [0.2, 0.25) is 22.6 Å². The van der Waals surface area contributed by atoms with Gasteiger partial charge in [0.15, 0.2) is 0 Å². The van der Waals surface area contributed by atoms with Gasteiger partial charge >= 0.3 is 5.91 Å². The zero-order chi connectivity index (χ0) is 40.1. The highest BCUT2D eigenvalue weighted by Crippen LogP contribution is 2.59. The van der Waals surface area contributed by atoms with Crippen molar-refractivity contribution in [2.45, 2.75) is 129 Å². The van der Waals surface area contributed by atoms with Crippen LogP contribution in [0.3, 0.4) is 0 Å². The second kappa shape index (κ2) is 9.78. The molecule has 0 saturated heterocycles. The molecule has 8 nitrogen and oxygen atoms in total. The number of hydrogen-bond acceptors (Lipinski definition) is 4. The molecule has 0 amide bonds. The molecule has 2 atom stereocenters. The lowest BCUT2D eigenvalue weighted by Gasteiger charge is -2.40. The summed E-state index contributed by atoms with van der Waals surface area (Å²) in [4.78, 5) is 23.6. The Bertz CT molecular complexity index is 3130. The van der Waals surface area contributed by atoms with Crippen LogP contribution < -0.4 is 11.0 Å². The van der Waals surface area contributed by atoms with E-state index < -0.39 is 5.91 Å². The van der Waals surface area contributed by atoms with E-state index in [9.17, 15) is 0 Å². The highest BCUT2D eigenvalue weighted by molar-refractivity contribution is 6.20. The predicted octanol–water partition coefficient (Wildman–Crippen LogP) is 8.81. The van der Waals surface area contributed by atoms with Crippen molar-refractivity contribution in [3.8, 4) is 0 Å². The molecule has 7 aliphatic rings. The van der Waals surface area contributed by atoms with Crippen molar-refractivity contribution in [3.63, 3.8) is 0 Å². The van der Waals surface area contributed by atoms with Crippen molar-refractivity contribution in [2.75, 3.05) is 0 Å². The lowest BCUT2D eigenvalue weighted by atomic mass is 9.76. The first-order chi connectivity index (χ1) is 27.0. The average molecular weight is 751 g/mol. The largest absolute Gasteiger partial charge is 0.404 e. The first-order valence-corrected chi connectivity index (χ1v) is 20.8. The van der Waals surface area contributed by atoms with Gasteiger partial charge in [-0.05, 0) is 164 Å². The first kappa shape index (κ1) is 33.6. The smallest absolute Gasteiger partial charge is 0.193 e. The van der Waals surface area contributed by atoms with Gasteiger partial charge in [-0.2, -0.15) is 9.13 Å². The first-order valence-electron chi connectivity index (χ1n) is 20.8. The summed E-state index contributed by atoms with van der Waals surface area (Å²) in [7, 11) is 0. The molecule has 8 heterocycles. The molecule has 1 aliphatic carbocycles. The molecule has 12 rings (SSSR count). The van der Waals surface area contributed by atoms with Crippen LogP contribution >= 0.6 is 0 Å². The second-order valence-electron chi connectivity index (χ2n) is 18.4. The maximum atomic E-state index is 5.92. The van der Waals surface area contributed by atoms with Gasteiger partial charge in [0.05, 0.1) is 33.0 Å². The molecule has 1 spiro atoms. The Kier molecular flexibility index (Phi) is 5.77. The molecule has 0 radical (unpaired) electrons. The van der Waals surface area contributed by atoms with E-state index in [0.29, 0.717) is 0 Å². The van der Waals surface area contributed by atoms with E-state index in [2.05, 4.69) is 129 Å². The quantitative estimate of drug-likeness (QED) is 0.112. The number of aryl methyl sites for hydroxylation is 2. The lowest BCUT2D eigenvalue weighted by Crippen LogP contribution is -2.71. The molecular formula is C49H50N8+2. The van der Waals surface area contributed by atoms with E-state index in [1.807, 2.05) is 0 Å². The fourth-order valence-electron chi connectivity index (χ4n) is 12.1. The third-order valence-corrected chi connectivity index (χ3v) is 16.7. The maximum absolute atomic E-state index is 5.92. The fourth-order valence-corrected chi connectivity index (χ4v) is 12.1. The van der Waals surface area contributed by atoms with Crippen LogP contribution in [0.1, 0.15) is 140 Å². The van der Waals surface area contributed by atoms with Crippen molar-refractivity contribution in [1.29, 1.82) is 0 Å². The highest BCUT2D eigenvalue weighted by Gasteiger charge is 2.71. The van der Waals surface area contributed by atoms with Crippen LogP contribution in [0.4, 0.5) is 11.6 Å². The molecule has 3 aromatic carbocycles. The van der Waals surface area contributed by atoms with Gasteiger partial charge in [0, 0.05) is 23.0 Å². The number of benzene rings is 3. The Morgan fingerprint density at radius 2 is 0.737 bits per heavy atom. The number of fused-ring (bicyclic) bond motifs is 12. The standard InChI is InChI=1S/C49H50N8/c1-17-18(2)26(10)34-33(25(17)9)41-50-43-35-27(11)19(3)20(4)28(12)36(35)45-52-47-39-31(15)23(7)24(8)32(16)40(39)48-53-46-38-30(14)22(6)21(5)29(13)37(38)44-51-42(34)54(41)49(55(43)45,56(44)46)57(47)48/h25-26H,1-16H3/q+2. The topological polar surface area (TPSA) is 65.3 Å². The minimum atomic E-state index is -1.00. The summed E-state index contributed by atoms with van der Waals surface area (Å²) in [6, 6.07) is 0. The molecular weight excluding hydrogens is 701 g/mol. The number of aliphatic imine (C=N–C) groups is 2. The summed E-state index contributed by atoms with van der Waals surface area (Å²) in [5, 5.41) is 2.39. The van der Waals surface area contributed by atoms with Crippen molar-refractivity contribution in [1.82, 2.24) is 9.13 Å². The van der Waals surface area contributed by atoms with E-state index in [-0.39, 0.29) is 11.8 Å². The number of allylic oxidation sites excluding steroid dienone is 2. The Morgan fingerprint density at radius 1 is 0.404 bits per heavy atom.